The summed E-state index contributed by atoms with van der Waals surface area (Å²) < 4.78 is 26.2. The number of nitrogens with zero attached hydrogens (tertiary/aromatic N) is 1. The zero-order valence-corrected chi connectivity index (χ0v) is 13.4. The molecule has 2 aromatic rings. The van der Waals surface area contributed by atoms with E-state index in [1.54, 1.807) is 30.3 Å². The standard InChI is InChI=1S/C13H12BrN3O3S/c1-15-21(19,20)10-5-2-4-9(8-10)16-13(18)11-6-3-7-12(14)17-11/h2-8,15H,1H3,(H,16,18). The van der Waals surface area contributed by atoms with Crippen LogP contribution < -0.4 is 10.0 Å². The van der Waals surface area contributed by atoms with Crippen molar-refractivity contribution in [1.82, 2.24) is 9.71 Å². The van der Waals surface area contributed by atoms with Gasteiger partial charge in [-0.3, -0.25) is 4.79 Å². The Kier molecular flexibility index (Phi) is 4.71. The van der Waals surface area contributed by atoms with Crippen LogP contribution in [0.25, 0.3) is 0 Å². The molecule has 0 aliphatic rings. The number of hydrogen-bond donors (Lipinski definition) is 2. The fourth-order valence-corrected chi connectivity index (χ4v) is 2.71. The largest absolute Gasteiger partial charge is 0.321 e. The molecule has 21 heavy (non-hydrogen) atoms. The number of sulfonamides is 1. The Hall–Kier alpha value is -1.77. The van der Waals surface area contributed by atoms with Gasteiger partial charge < -0.3 is 5.32 Å². The maximum atomic E-state index is 12.0. The van der Waals surface area contributed by atoms with E-state index in [0.717, 1.165) is 0 Å². The van der Waals surface area contributed by atoms with Crippen molar-refractivity contribution in [2.45, 2.75) is 4.90 Å². The number of rotatable bonds is 4. The number of benzene rings is 1. The number of carbonyl (C=O) groups excluding carboxylic acids is 1. The molecule has 0 saturated carbocycles. The highest BCUT2D eigenvalue weighted by molar-refractivity contribution is 9.10. The molecule has 0 spiro atoms. The third kappa shape index (κ3) is 3.87. The normalized spacial score (nSPS) is 11.1. The second-order valence-electron chi connectivity index (χ2n) is 4.04. The molecule has 0 unspecified atom stereocenters. The summed E-state index contributed by atoms with van der Waals surface area (Å²) in [5.74, 6) is -0.421. The van der Waals surface area contributed by atoms with Gasteiger partial charge in [-0.2, -0.15) is 0 Å². The van der Waals surface area contributed by atoms with Crippen molar-refractivity contribution in [2.24, 2.45) is 0 Å². The number of anilines is 1. The molecule has 2 N–H and O–H groups in total. The third-order valence-corrected chi connectivity index (χ3v) is 4.47. The maximum absolute atomic E-state index is 12.0. The molecule has 0 fully saturated rings. The highest BCUT2D eigenvalue weighted by Crippen LogP contribution is 2.16. The van der Waals surface area contributed by atoms with Crippen molar-refractivity contribution < 1.29 is 13.2 Å². The van der Waals surface area contributed by atoms with Crippen LogP contribution in [0.2, 0.25) is 0 Å². The highest BCUT2D eigenvalue weighted by Gasteiger charge is 2.13. The quantitative estimate of drug-likeness (QED) is 0.806. The smallest absolute Gasteiger partial charge is 0.274 e. The van der Waals surface area contributed by atoms with E-state index >= 15 is 0 Å². The Morgan fingerprint density at radius 1 is 1.19 bits per heavy atom. The fourth-order valence-electron chi connectivity index (χ4n) is 1.59. The summed E-state index contributed by atoms with van der Waals surface area (Å²) in [6, 6.07) is 10.9. The van der Waals surface area contributed by atoms with Gasteiger partial charge in [-0.05, 0) is 53.3 Å². The molecule has 0 atom stereocenters. The first-order valence-corrected chi connectivity index (χ1v) is 8.17. The molecule has 1 aromatic carbocycles. The first kappa shape index (κ1) is 15.6. The van der Waals surface area contributed by atoms with Gasteiger partial charge in [0, 0.05) is 5.69 Å². The predicted molar refractivity (Wildman–Crippen MR) is 82.6 cm³/mol. The minimum atomic E-state index is -3.55. The second kappa shape index (κ2) is 6.33. The van der Waals surface area contributed by atoms with Crippen LogP contribution in [0.1, 0.15) is 10.5 Å². The van der Waals surface area contributed by atoms with E-state index in [1.807, 2.05) is 0 Å². The second-order valence-corrected chi connectivity index (χ2v) is 6.73. The van der Waals surface area contributed by atoms with Crippen LogP contribution >= 0.6 is 15.9 Å². The fraction of sp³-hybridized carbons (Fsp3) is 0.0769. The number of halogens is 1. The molecular formula is C13H12BrN3O3S. The van der Waals surface area contributed by atoms with Gasteiger partial charge in [-0.1, -0.05) is 12.1 Å². The zero-order chi connectivity index (χ0) is 15.5. The number of nitrogens with one attached hydrogen (secondary N) is 2. The number of carbonyl (C=O) groups is 1. The summed E-state index contributed by atoms with van der Waals surface area (Å²) in [5, 5.41) is 2.61. The minimum Gasteiger partial charge on any atom is -0.321 e. The van der Waals surface area contributed by atoms with Crippen molar-refractivity contribution in [3.63, 3.8) is 0 Å². The summed E-state index contributed by atoms with van der Waals surface area (Å²) >= 11 is 3.18. The lowest BCUT2D eigenvalue weighted by Crippen LogP contribution is -2.19. The summed E-state index contributed by atoms with van der Waals surface area (Å²) in [6.45, 7) is 0. The van der Waals surface area contributed by atoms with Crippen LogP contribution in [0, 0.1) is 0 Å². The van der Waals surface area contributed by atoms with Crippen molar-refractivity contribution in [1.29, 1.82) is 0 Å². The molecule has 8 heteroatoms. The van der Waals surface area contributed by atoms with E-state index in [9.17, 15) is 13.2 Å². The number of hydrogen-bond acceptors (Lipinski definition) is 4. The average molecular weight is 370 g/mol. The Morgan fingerprint density at radius 3 is 2.57 bits per heavy atom. The molecule has 110 valence electrons. The van der Waals surface area contributed by atoms with Gasteiger partial charge in [0.1, 0.15) is 10.3 Å². The zero-order valence-electron chi connectivity index (χ0n) is 11.0. The van der Waals surface area contributed by atoms with Gasteiger partial charge in [0.05, 0.1) is 4.90 Å². The van der Waals surface area contributed by atoms with E-state index in [-0.39, 0.29) is 10.6 Å². The molecule has 0 radical (unpaired) electrons. The van der Waals surface area contributed by atoms with E-state index in [1.165, 1.54) is 19.2 Å². The van der Waals surface area contributed by atoms with Gasteiger partial charge in [0.15, 0.2) is 0 Å². The molecule has 0 saturated heterocycles. The molecule has 0 aliphatic heterocycles. The Morgan fingerprint density at radius 2 is 1.90 bits per heavy atom. The van der Waals surface area contributed by atoms with Crippen LogP contribution in [-0.4, -0.2) is 26.4 Å². The van der Waals surface area contributed by atoms with E-state index in [4.69, 9.17) is 0 Å². The predicted octanol–water partition coefficient (Wildman–Crippen LogP) is 2.00. The Bertz CT molecular complexity index is 778. The lowest BCUT2D eigenvalue weighted by Gasteiger charge is -2.07. The lowest BCUT2D eigenvalue weighted by molar-refractivity contribution is 0.102. The van der Waals surface area contributed by atoms with Gasteiger partial charge in [-0.15, -0.1) is 0 Å². The Balaban J connectivity index is 2.24. The van der Waals surface area contributed by atoms with Gasteiger partial charge >= 0.3 is 0 Å². The summed E-state index contributed by atoms with van der Waals surface area (Å²) in [6.07, 6.45) is 0. The van der Waals surface area contributed by atoms with Crippen LogP contribution in [0.4, 0.5) is 5.69 Å². The van der Waals surface area contributed by atoms with Crippen molar-refractivity contribution >= 4 is 37.5 Å². The number of aromatic nitrogens is 1. The molecule has 0 aliphatic carbocycles. The monoisotopic (exact) mass is 369 g/mol. The Labute approximate surface area is 130 Å². The van der Waals surface area contributed by atoms with Gasteiger partial charge in [0.2, 0.25) is 10.0 Å². The van der Waals surface area contributed by atoms with Crippen LogP contribution in [0.5, 0.6) is 0 Å². The van der Waals surface area contributed by atoms with Crippen molar-refractivity contribution in [2.75, 3.05) is 12.4 Å². The minimum absolute atomic E-state index is 0.0741. The number of pyridine rings is 1. The van der Waals surface area contributed by atoms with E-state index in [0.29, 0.717) is 10.3 Å². The van der Waals surface area contributed by atoms with E-state index in [2.05, 4.69) is 31.0 Å². The maximum Gasteiger partial charge on any atom is 0.274 e. The molecule has 1 aromatic heterocycles. The first-order valence-electron chi connectivity index (χ1n) is 5.90. The van der Waals surface area contributed by atoms with E-state index < -0.39 is 15.9 Å². The molecular weight excluding hydrogens is 358 g/mol. The average Bonchev–Trinajstić information content (AvgIpc) is 2.47. The molecule has 6 nitrogen and oxygen atoms in total. The van der Waals surface area contributed by atoms with Crippen molar-refractivity contribution in [3.8, 4) is 0 Å². The SMILES string of the molecule is CNS(=O)(=O)c1cccc(NC(=O)c2cccc(Br)n2)c1. The van der Waals surface area contributed by atoms with Gasteiger partial charge in [0.25, 0.3) is 5.91 Å². The first-order chi connectivity index (χ1) is 9.92. The molecule has 1 amide bonds. The van der Waals surface area contributed by atoms with Crippen LogP contribution in [0.15, 0.2) is 52.0 Å². The highest BCUT2D eigenvalue weighted by atomic mass is 79.9. The lowest BCUT2D eigenvalue weighted by atomic mass is 10.3. The summed E-state index contributed by atoms with van der Waals surface area (Å²) in [4.78, 5) is 16.1. The van der Waals surface area contributed by atoms with Crippen LogP contribution in [0.3, 0.4) is 0 Å². The summed E-state index contributed by atoms with van der Waals surface area (Å²) in [5.41, 5.74) is 0.601. The third-order valence-electron chi connectivity index (χ3n) is 2.62. The number of amides is 1. The van der Waals surface area contributed by atoms with Crippen molar-refractivity contribution in [3.05, 3.63) is 52.8 Å². The topological polar surface area (TPSA) is 88.2 Å². The van der Waals surface area contributed by atoms with Gasteiger partial charge in [-0.25, -0.2) is 18.1 Å². The van der Waals surface area contributed by atoms with Crippen LogP contribution in [-0.2, 0) is 10.0 Å². The molecule has 1 heterocycles. The molecule has 2 rings (SSSR count). The summed E-state index contributed by atoms with van der Waals surface area (Å²) in [7, 11) is -2.23. The molecule has 0 bridgehead atoms.